The first-order chi connectivity index (χ1) is 9.52. The van der Waals surface area contributed by atoms with E-state index in [9.17, 15) is 9.59 Å². The molecule has 1 aromatic rings. The maximum atomic E-state index is 12.2. The van der Waals surface area contributed by atoms with E-state index >= 15 is 0 Å². The van der Waals surface area contributed by atoms with Gasteiger partial charge in [-0.25, -0.2) is 0 Å². The third kappa shape index (κ3) is 3.10. The van der Waals surface area contributed by atoms with Crippen molar-refractivity contribution in [2.24, 2.45) is 5.92 Å². The fourth-order valence-corrected chi connectivity index (χ4v) is 2.42. The maximum absolute atomic E-state index is 12.2. The summed E-state index contributed by atoms with van der Waals surface area (Å²) in [6.07, 6.45) is 0. The van der Waals surface area contributed by atoms with Crippen LogP contribution in [0.3, 0.4) is 0 Å². The molecule has 1 fully saturated rings. The molecule has 7 heteroatoms. The fraction of sp³-hybridized carbons (Fsp3) is 0.385. The lowest BCUT2D eigenvalue weighted by atomic mass is 10.0. The third-order valence-corrected chi connectivity index (χ3v) is 3.82. The van der Waals surface area contributed by atoms with Crippen LogP contribution in [0.4, 0.5) is 0 Å². The Morgan fingerprint density at radius 3 is 2.85 bits per heavy atom. The SMILES string of the molecule is COc1ccc(Br)c(C(=O)NC2COCC2C(=O)O)c1. The van der Waals surface area contributed by atoms with Crippen LogP contribution in [0, 0.1) is 5.92 Å². The molecule has 1 aromatic carbocycles. The normalized spacial score (nSPS) is 21.5. The predicted molar refractivity (Wildman–Crippen MR) is 73.9 cm³/mol. The van der Waals surface area contributed by atoms with Crippen molar-refractivity contribution in [3.8, 4) is 5.75 Å². The largest absolute Gasteiger partial charge is 0.497 e. The van der Waals surface area contributed by atoms with E-state index in [-0.39, 0.29) is 19.1 Å². The molecule has 0 bridgehead atoms. The number of carbonyl (C=O) groups is 2. The molecule has 0 spiro atoms. The zero-order chi connectivity index (χ0) is 14.7. The summed E-state index contributed by atoms with van der Waals surface area (Å²) < 4.78 is 10.8. The molecule has 6 nitrogen and oxygen atoms in total. The van der Waals surface area contributed by atoms with Crippen LogP contribution in [-0.4, -0.2) is 43.3 Å². The Kier molecular flexibility index (Phi) is 4.61. The molecule has 2 rings (SSSR count). The highest BCUT2D eigenvalue weighted by atomic mass is 79.9. The van der Waals surface area contributed by atoms with Gasteiger partial charge in [-0.05, 0) is 34.1 Å². The average molecular weight is 344 g/mol. The van der Waals surface area contributed by atoms with E-state index in [4.69, 9.17) is 14.6 Å². The standard InChI is InChI=1S/C13H14BrNO5/c1-19-7-2-3-10(14)8(4-7)12(16)15-11-6-20-5-9(11)13(17)18/h2-4,9,11H,5-6H2,1H3,(H,15,16)(H,17,18). The van der Waals surface area contributed by atoms with E-state index in [1.54, 1.807) is 18.2 Å². The minimum absolute atomic E-state index is 0.111. The highest BCUT2D eigenvalue weighted by Gasteiger charge is 2.35. The van der Waals surface area contributed by atoms with Gasteiger partial charge in [-0.1, -0.05) is 0 Å². The molecule has 2 atom stereocenters. The summed E-state index contributed by atoms with van der Waals surface area (Å²) in [6, 6.07) is 4.48. The quantitative estimate of drug-likeness (QED) is 0.860. The van der Waals surface area contributed by atoms with Crippen molar-refractivity contribution in [3.05, 3.63) is 28.2 Å². The summed E-state index contributed by atoms with van der Waals surface area (Å²) in [6.45, 7) is 0.309. The van der Waals surface area contributed by atoms with Crippen molar-refractivity contribution in [2.75, 3.05) is 20.3 Å². The van der Waals surface area contributed by atoms with E-state index < -0.39 is 17.9 Å². The number of rotatable bonds is 4. The Labute approximate surface area is 124 Å². The molecular weight excluding hydrogens is 330 g/mol. The van der Waals surface area contributed by atoms with E-state index in [2.05, 4.69) is 21.2 Å². The first-order valence-corrected chi connectivity index (χ1v) is 6.77. The second-order valence-electron chi connectivity index (χ2n) is 4.41. The molecule has 0 aromatic heterocycles. The lowest BCUT2D eigenvalue weighted by molar-refractivity contribution is -0.142. The fourth-order valence-electron chi connectivity index (χ4n) is 1.99. The Hall–Kier alpha value is -1.60. The minimum Gasteiger partial charge on any atom is -0.497 e. The number of amides is 1. The number of carbonyl (C=O) groups excluding carboxylic acids is 1. The van der Waals surface area contributed by atoms with Gasteiger partial charge in [-0.3, -0.25) is 9.59 Å². The molecule has 0 aliphatic carbocycles. The Morgan fingerprint density at radius 1 is 1.45 bits per heavy atom. The number of halogens is 1. The van der Waals surface area contributed by atoms with E-state index in [0.29, 0.717) is 15.8 Å². The molecular formula is C13H14BrNO5. The number of hydrogen-bond donors (Lipinski definition) is 2. The van der Waals surface area contributed by atoms with E-state index in [1.807, 2.05) is 0 Å². The summed E-state index contributed by atoms with van der Waals surface area (Å²) in [5.74, 6) is -1.51. The van der Waals surface area contributed by atoms with Gasteiger partial charge < -0.3 is 19.9 Å². The van der Waals surface area contributed by atoms with Crippen molar-refractivity contribution >= 4 is 27.8 Å². The Morgan fingerprint density at radius 2 is 2.20 bits per heavy atom. The van der Waals surface area contributed by atoms with Crippen molar-refractivity contribution < 1.29 is 24.2 Å². The van der Waals surface area contributed by atoms with Crippen LogP contribution >= 0.6 is 15.9 Å². The zero-order valence-corrected chi connectivity index (χ0v) is 12.3. The van der Waals surface area contributed by atoms with Crippen molar-refractivity contribution in [2.45, 2.75) is 6.04 Å². The molecule has 0 radical (unpaired) electrons. The third-order valence-electron chi connectivity index (χ3n) is 3.13. The number of nitrogens with one attached hydrogen (secondary N) is 1. The molecule has 2 unspecified atom stereocenters. The predicted octanol–water partition coefficient (Wildman–Crippen LogP) is 1.29. The molecule has 20 heavy (non-hydrogen) atoms. The van der Waals surface area contributed by atoms with Gasteiger partial charge in [0.1, 0.15) is 11.7 Å². The highest BCUT2D eigenvalue weighted by molar-refractivity contribution is 9.10. The molecule has 1 saturated heterocycles. The first-order valence-electron chi connectivity index (χ1n) is 5.98. The topological polar surface area (TPSA) is 84.9 Å². The maximum Gasteiger partial charge on any atom is 0.311 e. The van der Waals surface area contributed by atoms with Gasteiger partial charge in [0.15, 0.2) is 0 Å². The van der Waals surface area contributed by atoms with Crippen LogP contribution in [0.25, 0.3) is 0 Å². The van der Waals surface area contributed by atoms with Gasteiger partial charge >= 0.3 is 5.97 Å². The van der Waals surface area contributed by atoms with Gasteiger partial charge in [-0.15, -0.1) is 0 Å². The van der Waals surface area contributed by atoms with Crippen LogP contribution in [0.1, 0.15) is 10.4 Å². The first kappa shape index (κ1) is 14.8. The van der Waals surface area contributed by atoms with Crippen molar-refractivity contribution in [1.82, 2.24) is 5.32 Å². The van der Waals surface area contributed by atoms with Gasteiger partial charge in [0, 0.05) is 4.47 Å². The summed E-state index contributed by atoms with van der Waals surface area (Å²) in [4.78, 5) is 23.2. The zero-order valence-electron chi connectivity index (χ0n) is 10.8. The van der Waals surface area contributed by atoms with Crippen molar-refractivity contribution in [3.63, 3.8) is 0 Å². The van der Waals surface area contributed by atoms with Gasteiger partial charge in [0.2, 0.25) is 0 Å². The van der Waals surface area contributed by atoms with Gasteiger partial charge in [0.05, 0.1) is 31.9 Å². The number of benzene rings is 1. The summed E-state index contributed by atoms with van der Waals surface area (Å²) in [7, 11) is 1.51. The Balaban J connectivity index is 2.14. The monoisotopic (exact) mass is 343 g/mol. The second kappa shape index (κ2) is 6.23. The molecule has 2 N–H and O–H groups in total. The van der Waals surface area contributed by atoms with E-state index in [0.717, 1.165) is 0 Å². The highest BCUT2D eigenvalue weighted by Crippen LogP contribution is 2.23. The molecule has 1 heterocycles. The molecule has 1 aliphatic heterocycles. The van der Waals surface area contributed by atoms with Crippen LogP contribution in [0.15, 0.2) is 22.7 Å². The van der Waals surface area contributed by atoms with E-state index in [1.165, 1.54) is 7.11 Å². The lowest BCUT2D eigenvalue weighted by Gasteiger charge is -2.16. The smallest absolute Gasteiger partial charge is 0.311 e. The van der Waals surface area contributed by atoms with Crippen LogP contribution < -0.4 is 10.1 Å². The number of carboxylic acids is 1. The summed E-state index contributed by atoms with van der Waals surface area (Å²) in [5.41, 5.74) is 0.389. The summed E-state index contributed by atoms with van der Waals surface area (Å²) >= 11 is 3.29. The van der Waals surface area contributed by atoms with Crippen LogP contribution in [0.2, 0.25) is 0 Å². The molecule has 0 saturated carbocycles. The van der Waals surface area contributed by atoms with Gasteiger partial charge in [-0.2, -0.15) is 0 Å². The van der Waals surface area contributed by atoms with Crippen molar-refractivity contribution in [1.29, 1.82) is 0 Å². The number of ether oxygens (including phenoxy) is 2. The van der Waals surface area contributed by atoms with Crippen LogP contribution in [-0.2, 0) is 9.53 Å². The molecule has 1 aliphatic rings. The molecule has 108 valence electrons. The Bertz CT molecular complexity index is 533. The minimum atomic E-state index is -0.975. The number of methoxy groups -OCH3 is 1. The van der Waals surface area contributed by atoms with Crippen LogP contribution in [0.5, 0.6) is 5.75 Å². The number of hydrogen-bond acceptors (Lipinski definition) is 4. The van der Waals surface area contributed by atoms with Gasteiger partial charge in [0.25, 0.3) is 5.91 Å². The number of carboxylic acid groups (broad SMARTS) is 1. The number of aliphatic carboxylic acids is 1. The summed E-state index contributed by atoms with van der Waals surface area (Å²) in [5, 5.41) is 11.7. The molecule has 1 amide bonds. The lowest BCUT2D eigenvalue weighted by Crippen LogP contribution is -2.42. The average Bonchev–Trinajstić information content (AvgIpc) is 2.87. The second-order valence-corrected chi connectivity index (χ2v) is 5.26.